The minimum absolute atomic E-state index is 0. The van der Waals surface area contributed by atoms with Gasteiger partial charge in [0.05, 0.1) is 6.61 Å². The molecule has 0 unspecified atom stereocenters. The Hall–Kier alpha value is -1.31. The number of anilines is 1. The lowest BCUT2D eigenvalue weighted by Gasteiger charge is -2.34. The Morgan fingerprint density at radius 2 is 2.00 bits per heavy atom. The summed E-state index contributed by atoms with van der Waals surface area (Å²) in [5.74, 6) is 0.171. The number of piperidine rings is 1. The molecule has 1 saturated heterocycles. The van der Waals surface area contributed by atoms with E-state index in [1.807, 2.05) is 6.92 Å². The molecule has 0 aliphatic carbocycles. The summed E-state index contributed by atoms with van der Waals surface area (Å²) in [5.41, 5.74) is 0.539. The molecule has 0 radical (unpaired) electrons. The molecule has 8 heteroatoms. The second kappa shape index (κ2) is 7.99. The lowest BCUT2D eigenvalue weighted by molar-refractivity contribution is -0.119. The van der Waals surface area contributed by atoms with Crippen LogP contribution in [0.1, 0.15) is 19.8 Å². The molecule has 1 aliphatic rings. The molecule has 1 amide bonds. The maximum absolute atomic E-state index is 12.6. The van der Waals surface area contributed by atoms with Crippen molar-refractivity contribution in [2.75, 3.05) is 31.3 Å². The number of sulfone groups is 1. The molecular formula is C15H23ClN2O4S. The fourth-order valence-electron chi connectivity index (χ4n) is 2.67. The van der Waals surface area contributed by atoms with Crippen LogP contribution in [0, 0.1) is 0 Å². The van der Waals surface area contributed by atoms with Gasteiger partial charge in [0.15, 0.2) is 14.6 Å². The molecule has 2 N–H and O–H groups in total. The van der Waals surface area contributed by atoms with Crippen molar-refractivity contribution in [1.29, 1.82) is 0 Å². The Kier molecular flexibility index (Phi) is 6.85. The minimum atomic E-state index is -3.51. The predicted molar refractivity (Wildman–Crippen MR) is 93.2 cm³/mol. The van der Waals surface area contributed by atoms with E-state index in [0.717, 1.165) is 6.26 Å². The summed E-state index contributed by atoms with van der Waals surface area (Å²) >= 11 is 0. The molecule has 2 rings (SSSR count). The first-order valence-electron chi connectivity index (χ1n) is 7.34. The molecule has 6 nitrogen and oxygen atoms in total. The third-order valence-corrected chi connectivity index (χ3v) is 5.95. The molecule has 23 heavy (non-hydrogen) atoms. The Balaban J connectivity index is 0.00000264. The number of amides is 1. The predicted octanol–water partition coefficient (Wildman–Crippen LogP) is 1.61. The summed E-state index contributed by atoms with van der Waals surface area (Å²) in [4.78, 5) is 12.6. The van der Waals surface area contributed by atoms with E-state index in [9.17, 15) is 13.2 Å². The van der Waals surface area contributed by atoms with Crippen molar-refractivity contribution in [1.82, 2.24) is 5.32 Å². The molecule has 0 aromatic heterocycles. The fourth-order valence-corrected chi connectivity index (χ4v) is 4.01. The second-order valence-corrected chi connectivity index (χ2v) is 7.76. The van der Waals surface area contributed by atoms with Gasteiger partial charge in [-0.15, -0.1) is 12.4 Å². The molecule has 0 saturated carbocycles. The SMILES string of the molecule is CCOc1cccc(NC(=O)C2(S(C)(=O)=O)CCNCC2)c1.Cl. The lowest BCUT2D eigenvalue weighted by atomic mass is 9.95. The number of rotatable bonds is 5. The standard InChI is InChI=1S/C15H22N2O4S.ClH/c1-3-21-13-6-4-5-12(11-13)17-14(18)15(22(2,19)20)7-9-16-10-8-15;/h4-6,11,16H,3,7-10H2,1-2H3,(H,17,18);1H. The zero-order chi connectivity index (χ0) is 16.2. The third kappa shape index (κ3) is 4.37. The lowest BCUT2D eigenvalue weighted by Crippen LogP contribution is -2.55. The Bertz CT molecular complexity index is 643. The fraction of sp³-hybridized carbons (Fsp3) is 0.533. The van der Waals surface area contributed by atoms with Gasteiger partial charge in [0, 0.05) is 18.0 Å². The molecule has 1 aromatic carbocycles. The van der Waals surface area contributed by atoms with Crippen LogP contribution in [0.2, 0.25) is 0 Å². The van der Waals surface area contributed by atoms with Crippen LogP contribution in [0.25, 0.3) is 0 Å². The number of carbonyl (C=O) groups is 1. The Morgan fingerprint density at radius 3 is 2.57 bits per heavy atom. The van der Waals surface area contributed by atoms with Crippen molar-refractivity contribution in [2.24, 2.45) is 0 Å². The summed E-state index contributed by atoms with van der Waals surface area (Å²) in [5, 5.41) is 5.82. The van der Waals surface area contributed by atoms with E-state index in [1.54, 1.807) is 24.3 Å². The second-order valence-electron chi connectivity index (χ2n) is 5.43. The average molecular weight is 363 g/mol. The van der Waals surface area contributed by atoms with Gasteiger partial charge in [-0.25, -0.2) is 8.42 Å². The summed E-state index contributed by atoms with van der Waals surface area (Å²) in [6.45, 7) is 3.42. The monoisotopic (exact) mass is 362 g/mol. The minimum Gasteiger partial charge on any atom is -0.494 e. The van der Waals surface area contributed by atoms with Crippen LogP contribution in [-0.4, -0.2) is 45.0 Å². The molecule has 1 fully saturated rings. The van der Waals surface area contributed by atoms with E-state index < -0.39 is 20.5 Å². The third-order valence-electron chi connectivity index (χ3n) is 3.94. The van der Waals surface area contributed by atoms with Crippen molar-refractivity contribution >= 4 is 33.8 Å². The highest BCUT2D eigenvalue weighted by Crippen LogP contribution is 2.30. The summed E-state index contributed by atoms with van der Waals surface area (Å²) < 4.78 is 28.4. The normalized spacial score (nSPS) is 17.0. The first-order chi connectivity index (χ1) is 10.4. The smallest absolute Gasteiger partial charge is 0.245 e. The molecule has 130 valence electrons. The Morgan fingerprint density at radius 1 is 1.35 bits per heavy atom. The van der Waals surface area contributed by atoms with Gasteiger partial charge in [-0.05, 0) is 45.0 Å². The number of ether oxygens (including phenoxy) is 1. The van der Waals surface area contributed by atoms with Crippen LogP contribution in [0.4, 0.5) is 5.69 Å². The van der Waals surface area contributed by atoms with Crippen LogP contribution in [0.5, 0.6) is 5.75 Å². The summed E-state index contributed by atoms with van der Waals surface area (Å²) in [7, 11) is -3.51. The van der Waals surface area contributed by atoms with Crippen LogP contribution >= 0.6 is 12.4 Å². The zero-order valence-electron chi connectivity index (χ0n) is 13.3. The van der Waals surface area contributed by atoms with Crippen molar-refractivity contribution in [3.8, 4) is 5.75 Å². The average Bonchev–Trinajstić information content (AvgIpc) is 2.47. The topological polar surface area (TPSA) is 84.5 Å². The quantitative estimate of drug-likeness (QED) is 0.831. The highest BCUT2D eigenvalue weighted by molar-refractivity contribution is 7.92. The van der Waals surface area contributed by atoms with E-state index in [1.165, 1.54) is 0 Å². The first-order valence-corrected chi connectivity index (χ1v) is 9.23. The van der Waals surface area contributed by atoms with Gasteiger partial charge in [0.2, 0.25) is 5.91 Å². The maximum Gasteiger partial charge on any atom is 0.245 e. The van der Waals surface area contributed by atoms with Gasteiger partial charge in [-0.3, -0.25) is 4.79 Å². The van der Waals surface area contributed by atoms with E-state index in [-0.39, 0.29) is 25.2 Å². The van der Waals surface area contributed by atoms with Gasteiger partial charge in [-0.1, -0.05) is 6.07 Å². The van der Waals surface area contributed by atoms with E-state index in [2.05, 4.69) is 10.6 Å². The molecular weight excluding hydrogens is 340 g/mol. The van der Waals surface area contributed by atoms with E-state index in [4.69, 9.17) is 4.74 Å². The van der Waals surface area contributed by atoms with Gasteiger partial charge in [0.25, 0.3) is 0 Å². The number of hydrogen-bond acceptors (Lipinski definition) is 5. The van der Waals surface area contributed by atoms with Crippen LogP contribution in [0.15, 0.2) is 24.3 Å². The van der Waals surface area contributed by atoms with Gasteiger partial charge >= 0.3 is 0 Å². The largest absolute Gasteiger partial charge is 0.494 e. The molecule has 0 spiro atoms. The van der Waals surface area contributed by atoms with Crippen LogP contribution in [0.3, 0.4) is 0 Å². The molecule has 1 heterocycles. The Labute approximate surface area is 143 Å². The molecule has 1 aliphatic heterocycles. The number of benzene rings is 1. The summed E-state index contributed by atoms with van der Waals surface area (Å²) in [6, 6.07) is 6.96. The van der Waals surface area contributed by atoms with Crippen LogP contribution in [-0.2, 0) is 14.6 Å². The highest BCUT2D eigenvalue weighted by Gasteiger charge is 2.48. The van der Waals surface area contributed by atoms with Gasteiger partial charge in [0.1, 0.15) is 5.75 Å². The summed E-state index contributed by atoms with van der Waals surface area (Å²) in [6.07, 6.45) is 1.69. The van der Waals surface area contributed by atoms with Crippen LogP contribution < -0.4 is 15.4 Å². The molecule has 1 aromatic rings. The van der Waals surface area contributed by atoms with E-state index in [0.29, 0.717) is 31.1 Å². The molecule has 0 atom stereocenters. The van der Waals surface area contributed by atoms with Crippen molar-refractivity contribution in [3.05, 3.63) is 24.3 Å². The zero-order valence-corrected chi connectivity index (χ0v) is 14.9. The highest BCUT2D eigenvalue weighted by atomic mass is 35.5. The first kappa shape index (κ1) is 19.7. The molecule has 0 bridgehead atoms. The van der Waals surface area contributed by atoms with E-state index >= 15 is 0 Å². The van der Waals surface area contributed by atoms with Crippen molar-refractivity contribution < 1.29 is 17.9 Å². The number of nitrogens with one attached hydrogen (secondary N) is 2. The maximum atomic E-state index is 12.6. The number of carbonyl (C=O) groups excluding carboxylic acids is 1. The van der Waals surface area contributed by atoms with Crippen molar-refractivity contribution in [2.45, 2.75) is 24.5 Å². The van der Waals surface area contributed by atoms with Gasteiger partial charge < -0.3 is 15.4 Å². The number of hydrogen-bond donors (Lipinski definition) is 2. The number of halogens is 1. The van der Waals surface area contributed by atoms with Crippen molar-refractivity contribution in [3.63, 3.8) is 0 Å². The van der Waals surface area contributed by atoms with Gasteiger partial charge in [-0.2, -0.15) is 0 Å².